The highest BCUT2D eigenvalue weighted by Gasteiger charge is 2.31. The van der Waals surface area contributed by atoms with Gasteiger partial charge in [-0.15, -0.1) is 0 Å². The third-order valence-corrected chi connectivity index (χ3v) is 5.36. The Bertz CT molecular complexity index is 975. The number of carbonyl (C=O) groups excluding carboxylic acids is 2. The lowest BCUT2D eigenvalue weighted by atomic mass is 9.98. The van der Waals surface area contributed by atoms with Crippen molar-refractivity contribution >= 4 is 35.0 Å². The Labute approximate surface area is 194 Å². The summed E-state index contributed by atoms with van der Waals surface area (Å²) >= 11 is 11.5. The van der Waals surface area contributed by atoms with E-state index < -0.39 is 18.0 Å². The maximum absolute atomic E-state index is 13.3. The molecule has 0 fully saturated rings. The molecule has 1 aliphatic heterocycles. The summed E-state index contributed by atoms with van der Waals surface area (Å²) in [7, 11) is 0. The smallest absolute Gasteiger partial charge is 0.261 e. The quantitative estimate of drug-likeness (QED) is 0.474. The minimum atomic E-state index is -0.824. The average molecular weight is 485 g/mol. The molecule has 2 aromatic rings. The number of carbonyl (C=O) groups is 2. The van der Waals surface area contributed by atoms with Gasteiger partial charge in [0.05, 0.1) is 11.1 Å². The van der Waals surface area contributed by atoms with Crippen molar-refractivity contribution in [1.82, 2.24) is 10.6 Å². The van der Waals surface area contributed by atoms with Crippen molar-refractivity contribution in [3.8, 4) is 11.5 Å². The summed E-state index contributed by atoms with van der Waals surface area (Å²) in [4.78, 5) is 24.1. The summed E-state index contributed by atoms with van der Waals surface area (Å²) in [6, 6.07) is 8.84. The summed E-state index contributed by atoms with van der Waals surface area (Å²) in [5.74, 6) is -0.608. The number of rotatable bonds is 9. The van der Waals surface area contributed by atoms with E-state index in [9.17, 15) is 19.1 Å². The van der Waals surface area contributed by atoms with Gasteiger partial charge in [-0.3, -0.25) is 9.59 Å². The molecule has 0 saturated carbocycles. The molecule has 0 bridgehead atoms. The Morgan fingerprint density at radius 3 is 2.62 bits per heavy atom. The van der Waals surface area contributed by atoms with E-state index in [0.29, 0.717) is 42.3 Å². The number of aliphatic hydroxyl groups excluding tert-OH is 1. The molecule has 0 aliphatic carbocycles. The van der Waals surface area contributed by atoms with Gasteiger partial charge in [-0.05, 0) is 43.2 Å². The zero-order valence-electron chi connectivity index (χ0n) is 17.1. The van der Waals surface area contributed by atoms with Crippen molar-refractivity contribution in [2.45, 2.75) is 31.5 Å². The molecule has 0 spiro atoms. The van der Waals surface area contributed by atoms with Gasteiger partial charge in [0, 0.05) is 36.2 Å². The topological polar surface area (TPSA) is 96.9 Å². The number of amides is 2. The van der Waals surface area contributed by atoms with Crippen LogP contribution in [0.4, 0.5) is 4.39 Å². The van der Waals surface area contributed by atoms with Gasteiger partial charge in [0.25, 0.3) is 11.8 Å². The van der Waals surface area contributed by atoms with Crippen LogP contribution in [0.5, 0.6) is 11.5 Å². The van der Waals surface area contributed by atoms with E-state index in [1.54, 1.807) is 18.2 Å². The molecule has 3 rings (SSSR count). The molecule has 0 radical (unpaired) electrons. The molecule has 0 aromatic heterocycles. The molecule has 1 heterocycles. The lowest BCUT2D eigenvalue weighted by Crippen LogP contribution is -2.41. The van der Waals surface area contributed by atoms with E-state index >= 15 is 0 Å². The maximum atomic E-state index is 13.3. The monoisotopic (exact) mass is 484 g/mol. The van der Waals surface area contributed by atoms with Crippen LogP contribution in [0.1, 0.15) is 30.9 Å². The van der Waals surface area contributed by atoms with Gasteiger partial charge in [-0.1, -0.05) is 23.2 Å². The highest BCUT2D eigenvalue weighted by molar-refractivity contribution is 6.31. The first-order valence-electron chi connectivity index (χ1n) is 10.1. The maximum Gasteiger partial charge on any atom is 0.261 e. The zero-order chi connectivity index (χ0) is 23.1. The van der Waals surface area contributed by atoms with Crippen molar-refractivity contribution in [2.75, 3.05) is 19.7 Å². The molecule has 0 unspecified atom stereocenters. The molecule has 10 heteroatoms. The highest BCUT2D eigenvalue weighted by Crippen LogP contribution is 2.36. The van der Waals surface area contributed by atoms with Crippen molar-refractivity contribution in [3.63, 3.8) is 0 Å². The second kappa shape index (κ2) is 11.4. The molecule has 172 valence electrons. The zero-order valence-corrected chi connectivity index (χ0v) is 18.6. The summed E-state index contributed by atoms with van der Waals surface area (Å²) < 4.78 is 24.2. The van der Waals surface area contributed by atoms with E-state index in [4.69, 9.17) is 32.7 Å². The summed E-state index contributed by atoms with van der Waals surface area (Å²) in [6.07, 6.45) is -0.191. The normalized spacial score (nSPS) is 17.1. The Hall–Kier alpha value is -2.55. The second-order valence-corrected chi connectivity index (χ2v) is 8.10. The third-order valence-electron chi connectivity index (χ3n) is 4.82. The summed E-state index contributed by atoms with van der Waals surface area (Å²) in [5.41, 5.74) is 0.572. The van der Waals surface area contributed by atoms with Gasteiger partial charge in [-0.2, -0.15) is 0 Å². The van der Waals surface area contributed by atoms with Gasteiger partial charge >= 0.3 is 0 Å². The van der Waals surface area contributed by atoms with Crippen LogP contribution in [-0.4, -0.2) is 42.7 Å². The number of halogens is 3. The summed E-state index contributed by atoms with van der Waals surface area (Å²) in [6.45, 7) is 0.560. The van der Waals surface area contributed by atoms with E-state index in [-0.39, 0.29) is 35.6 Å². The molecule has 3 N–H and O–H groups in total. The number of fused-ring (bicyclic) bond motifs is 1. The van der Waals surface area contributed by atoms with Gasteiger partial charge in [0.1, 0.15) is 17.3 Å². The van der Waals surface area contributed by atoms with Gasteiger partial charge in [-0.25, -0.2) is 4.39 Å². The first kappa shape index (κ1) is 24.1. The first-order valence-corrected chi connectivity index (χ1v) is 10.9. The van der Waals surface area contributed by atoms with E-state index in [1.165, 1.54) is 12.1 Å². The lowest BCUT2D eigenvalue weighted by Gasteiger charge is -2.28. The summed E-state index contributed by atoms with van der Waals surface area (Å²) in [5, 5.41) is 16.2. The molecule has 32 heavy (non-hydrogen) atoms. The van der Waals surface area contributed by atoms with E-state index in [0.717, 1.165) is 6.07 Å². The number of aliphatic hydroxyl groups is 1. The lowest BCUT2D eigenvalue weighted by molar-refractivity contribution is -0.130. The molecule has 2 atom stereocenters. The van der Waals surface area contributed by atoms with Crippen molar-refractivity contribution in [2.24, 2.45) is 0 Å². The standard InChI is InChI=1S/C22H23Cl2FN2O5/c23-13-3-6-19-15(9-13)18(28)11-20(32-19)22(30)27-8-2-1-7-26-21(29)12-31-14-4-5-16(24)17(25)10-14/h3-6,9-10,18,20,28H,1-2,7-8,11-12H2,(H,26,29)(H,27,30)/t18-,20-/m1/s1. The van der Waals surface area contributed by atoms with Crippen LogP contribution in [0, 0.1) is 5.82 Å². The van der Waals surface area contributed by atoms with Gasteiger partial charge < -0.3 is 25.2 Å². The fourth-order valence-electron chi connectivity index (χ4n) is 3.15. The first-order chi connectivity index (χ1) is 15.3. The highest BCUT2D eigenvalue weighted by atomic mass is 35.5. The number of hydrogen-bond acceptors (Lipinski definition) is 5. The number of hydrogen-bond donors (Lipinski definition) is 3. The van der Waals surface area contributed by atoms with Crippen LogP contribution in [0.2, 0.25) is 10.0 Å². The Balaban J connectivity index is 1.29. The van der Waals surface area contributed by atoms with Crippen molar-refractivity contribution in [3.05, 3.63) is 57.8 Å². The molecule has 0 saturated heterocycles. The van der Waals surface area contributed by atoms with Crippen LogP contribution in [0.15, 0.2) is 36.4 Å². The molecule has 7 nitrogen and oxygen atoms in total. The number of benzene rings is 2. The SMILES string of the molecule is O=C(COc1ccc(Cl)c(F)c1)NCCCCNC(=O)[C@H]1C[C@@H](O)c2cc(Cl)ccc2O1. The molecule has 2 amide bonds. The third kappa shape index (κ3) is 6.72. The minimum absolute atomic E-state index is 0.0187. The fraction of sp³-hybridized carbons (Fsp3) is 0.364. The minimum Gasteiger partial charge on any atom is -0.484 e. The largest absolute Gasteiger partial charge is 0.484 e. The van der Waals surface area contributed by atoms with Crippen molar-refractivity contribution in [1.29, 1.82) is 0 Å². The molecule has 2 aromatic carbocycles. The molecular weight excluding hydrogens is 462 g/mol. The van der Waals surface area contributed by atoms with Crippen LogP contribution < -0.4 is 20.1 Å². The van der Waals surface area contributed by atoms with Crippen LogP contribution in [0.3, 0.4) is 0 Å². The van der Waals surface area contributed by atoms with Crippen LogP contribution >= 0.6 is 23.2 Å². The Kier molecular flexibility index (Phi) is 8.55. The predicted octanol–water partition coefficient (Wildman–Crippen LogP) is 3.41. The van der Waals surface area contributed by atoms with Crippen LogP contribution in [-0.2, 0) is 9.59 Å². The van der Waals surface area contributed by atoms with Crippen LogP contribution in [0.25, 0.3) is 0 Å². The average Bonchev–Trinajstić information content (AvgIpc) is 2.77. The number of unbranched alkanes of at least 4 members (excludes halogenated alkanes) is 1. The van der Waals surface area contributed by atoms with E-state index in [2.05, 4.69) is 10.6 Å². The number of ether oxygens (including phenoxy) is 2. The predicted molar refractivity (Wildman–Crippen MR) is 118 cm³/mol. The van der Waals surface area contributed by atoms with Crippen molar-refractivity contribution < 1.29 is 28.6 Å². The fourth-order valence-corrected chi connectivity index (χ4v) is 3.45. The Morgan fingerprint density at radius 1 is 1.12 bits per heavy atom. The molecule has 1 aliphatic rings. The number of nitrogens with one attached hydrogen (secondary N) is 2. The second-order valence-electron chi connectivity index (χ2n) is 7.25. The molecular formula is C22H23Cl2FN2O5. The van der Waals surface area contributed by atoms with Gasteiger partial charge in [0.15, 0.2) is 12.7 Å². The van der Waals surface area contributed by atoms with E-state index in [1.807, 2.05) is 0 Å². The van der Waals surface area contributed by atoms with Gasteiger partial charge in [0.2, 0.25) is 0 Å². The Morgan fingerprint density at radius 2 is 1.88 bits per heavy atom.